The lowest BCUT2D eigenvalue weighted by Crippen LogP contribution is -2.50. The molecular formula is C20H30N2O3. The Morgan fingerprint density at radius 2 is 2.04 bits per heavy atom. The second-order valence-corrected chi connectivity index (χ2v) is 8.22. The van der Waals surface area contributed by atoms with E-state index in [2.05, 4.69) is 4.90 Å². The van der Waals surface area contributed by atoms with Gasteiger partial charge in [0.05, 0.1) is 19.1 Å². The zero-order valence-corrected chi connectivity index (χ0v) is 15.2. The third-order valence-corrected chi connectivity index (χ3v) is 6.23. The first-order chi connectivity index (χ1) is 12.2. The number of hydrogen-bond donors (Lipinski definition) is 0. The molecular weight excluding hydrogens is 316 g/mol. The van der Waals surface area contributed by atoms with Crippen molar-refractivity contribution in [3.8, 4) is 0 Å². The number of ether oxygens (including phenoxy) is 1. The van der Waals surface area contributed by atoms with Gasteiger partial charge < -0.3 is 14.1 Å². The SMILES string of the molecule is CN1C[C@@H](COCC2CC2)[C@@H]2CCN(Cc3ccoc3)CC[C@@H]2C1=O. The van der Waals surface area contributed by atoms with E-state index in [-0.39, 0.29) is 5.92 Å². The molecule has 3 fully saturated rings. The first-order valence-corrected chi connectivity index (χ1v) is 9.77. The monoisotopic (exact) mass is 346 g/mol. The van der Waals surface area contributed by atoms with E-state index in [4.69, 9.17) is 9.15 Å². The van der Waals surface area contributed by atoms with Gasteiger partial charge in [-0.1, -0.05) is 0 Å². The zero-order chi connectivity index (χ0) is 17.2. The van der Waals surface area contributed by atoms with Crippen LogP contribution in [0, 0.1) is 23.7 Å². The molecule has 2 saturated heterocycles. The first-order valence-electron chi connectivity index (χ1n) is 9.77. The molecule has 2 aliphatic heterocycles. The summed E-state index contributed by atoms with van der Waals surface area (Å²) in [7, 11) is 1.96. The predicted molar refractivity (Wildman–Crippen MR) is 94.9 cm³/mol. The molecule has 0 N–H and O–H groups in total. The number of furan rings is 1. The fraction of sp³-hybridized carbons (Fsp3) is 0.750. The molecule has 4 rings (SSSR count). The van der Waals surface area contributed by atoms with E-state index < -0.39 is 0 Å². The Bertz CT molecular complexity index is 570. The molecule has 1 aromatic heterocycles. The highest BCUT2D eigenvalue weighted by Gasteiger charge is 2.42. The smallest absolute Gasteiger partial charge is 0.225 e. The van der Waals surface area contributed by atoms with Crippen LogP contribution in [-0.4, -0.2) is 55.6 Å². The molecule has 138 valence electrons. The third-order valence-electron chi connectivity index (χ3n) is 6.23. The number of likely N-dealkylation sites (tertiary alicyclic amines) is 2. The van der Waals surface area contributed by atoms with Crippen LogP contribution in [0.15, 0.2) is 23.0 Å². The van der Waals surface area contributed by atoms with Gasteiger partial charge in [0, 0.05) is 44.1 Å². The fourth-order valence-electron chi connectivity index (χ4n) is 4.56. The summed E-state index contributed by atoms with van der Waals surface area (Å²) in [6.07, 6.45) is 8.28. The highest BCUT2D eigenvalue weighted by atomic mass is 16.5. The maximum absolute atomic E-state index is 12.7. The number of amides is 1. The molecule has 3 heterocycles. The number of nitrogens with zero attached hydrogens (tertiary/aromatic N) is 2. The summed E-state index contributed by atoms with van der Waals surface area (Å²) in [6.45, 7) is 5.55. The highest BCUT2D eigenvalue weighted by Crippen LogP contribution is 2.37. The van der Waals surface area contributed by atoms with Crippen LogP contribution in [0.4, 0.5) is 0 Å². The van der Waals surface area contributed by atoms with E-state index in [1.807, 2.05) is 24.3 Å². The highest BCUT2D eigenvalue weighted by molar-refractivity contribution is 5.79. The molecule has 1 aromatic rings. The van der Waals surface area contributed by atoms with E-state index in [1.54, 1.807) is 6.26 Å². The Labute approximate surface area is 150 Å². The Morgan fingerprint density at radius 3 is 2.80 bits per heavy atom. The number of carbonyl (C=O) groups is 1. The summed E-state index contributed by atoms with van der Waals surface area (Å²) in [6, 6.07) is 2.03. The van der Waals surface area contributed by atoms with Gasteiger partial charge >= 0.3 is 0 Å². The molecule has 5 nitrogen and oxygen atoms in total. The van der Waals surface area contributed by atoms with Gasteiger partial charge in [-0.15, -0.1) is 0 Å². The van der Waals surface area contributed by atoms with E-state index in [0.717, 1.165) is 58.2 Å². The lowest BCUT2D eigenvalue weighted by Gasteiger charge is -2.41. The van der Waals surface area contributed by atoms with Crippen molar-refractivity contribution in [2.24, 2.45) is 23.7 Å². The van der Waals surface area contributed by atoms with Crippen molar-refractivity contribution in [2.75, 3.05) is 39.9 Å². The normalized spacial score (nSPS) is 31.0. The van der Waals surface area contributed by atoms with Crippen molar-refractivity contribution in [1.29, 1.82) is 0 Å². The minimum Gasteiger partial charge on any atom is -0.472 e. The van der Waals surface area contributed by atoms with Crippen molar-refractivity contribution >= 4 is 5.91 Å². The maximum Gasteiger partial charge on any atom is 0.225 e. The van der Waals surface area contributed by atoms with Gasteiger partial charge in [0.15, 0.2) is 0 Å². The largest absolute Gasteiger partial charge is 0.472 e. The molecule has 0 unspecified atom stereocenters. The standard InChI is InChI=1S/C20H30N2O3/c1-21-11-17(14-25-12-15-2-3-15)18-4-7-22(8-5-19(18)20(21)23)10-16-6-9-24-13-16/h6,9,13,15,17-19H,2-5,7-8,10-12,14H2,1H3/t17-,18-,19-/m0/s1. The van der Waals surface area contributed by atoms with E-state index in [1.165, 1.54) is 18.4 Å². The quantitative estimate of drug-likeness (QED) is 0.794. The van der Waals surface area contributed by atoms with E-state index in [0.29, 0.717) is 17.7 Å². The van der Waals surface area contributed by atoms with Gasteiger partial charge in [0.1, 0.15) is 0 Å². The summed E-state index contributed by atoms with van der Waals surface area (Å²) >= 11 is 0. The number of rotatable bonds is 6. The van der Waals surface area contributed by atoms with Crippen LogP contribution in [0.2, 0.25) is 0 Å². The van der Waals surface area contributed by atoms with Crippen LogP contribution in [0.3, 0.4) is 0 Å². The zero-order valence-electron chi connectivity index (χ0n) is 15.2. The summed E-state index contributed by atoms with van der Waals surface area (Å²) < 4.78 is 11.2. The summed E-state index contributed by atoms with van der Waals surface area (Å²) in [4.78, 5) is 17.1. The van der Waals surface area contributed by atoms with Gasteiger partial charge in [0.2, 0.25) is 5.91 Å². The average Bonchev–Trinajstić information content (AvgIpc) is 3.33. The lowest BCUT2D eigenvalue weighted by atomic mass is 9.75. The van der Waals surface area contributed by atoms with Gasteiger partial charge in [-0.3, -0.25) is 9.69 Å². The summed E-state index contributed by atoms with van der Waals surface area (Å²) in [5.41, 5.74) is 1.22. The molecule has 0 radical (unpaired) electrons. The molecule has 3 atom stereocenters. The molecule has 1 aliphatic carbocycles. The van der Waals surface area contributed by atoms with Crippen molar-refractivity contribution < 1.29 is 13.9 Å². The Morgan fingerprint density at radius 1 is 1.20 bits per heavy atom. The maximum atomic E-state index is 12.7. The van der Waals surface area contributed by atoms with Crippen molar-refractivity contribution in [3.63, 3.8) is 0 Å². The van der Waals surface area contributed by atoms with Gasteiger partial charge in [-0.2, -0.15) is 0 Å². The molecule has 25 heavy (non-hydrogen) atoms. The van der Waals surface area contributed by atoms with Gasteiger partial charge in [0.25, 0.3) is 0 Å². The molecule has 0 aromatic carbocycles. The fourth-order valence-corrected chi connectivity index (χ4v) is 4.56. The molecule has 1 saturated carbocycles. The summed E-state index contributed by atoms with van der Waals surface area (Å²) in [5.74, 6) is 2.27. The van der Waals surface area contributed by atoms with Crippen LogP contribution in [0.5, 0.6) is 0 Å². The number of fused-ring (bicyclic) bond motifs is 1. The minimum absolute atomic E-state index is 0.169. The molecule has 5 heteroatoms. The topological polar surface area (TPSA) is 45.9 Å². The molecule has 0 spiro atoms. The third kappa shape index (κ3) is 4.09. The first kappa shape index (κ1) is 17.1. The van der Waals surface area contributed by atoms with E-state index in [9.17, 15) is 4.79 Å². The molecule has 0 bridgehead atoms. The van der Waals surface area contributed by atoms with Crippen LogP contribution in [0.25, 0.3) is 0 Å². The predicted octanol–water partition coefficient (Wildman–Crippen LogP) is 2.62. The van der Waals surface area contributed by atoms with Crippen molar-refractivity contribution in [2.45, 2.75) is 32.2 Å². The van der Waals surface area contributed by atoms with Crippen LogP contribution >= 0.6 is 0 Å². The Kier molecular flexibility index (Phi) is 5.13. The van der Waals surface area contributed by atoms with Gasteiger partial charge in [-0.05, 0) is 56.7 Å². The van der Waals surface area contributed by atoms with Crippen molar-refractivity contribution in [3.05, 3.63) is 24.2 Å². The number of carbonyl (C=O) groups excluding carboxylic acids is 1. The van der Waals surface area contributed by atoms with Crippen LogP contribution < -0.4 is 0 Å². The number of piperidine rings is 1. The van der Waals surface area contributed by atoms with Crippen LogP contribution in [0.1, 0.15) is 31.2 Å². The molecule has 3 aliphatic rings. The summed E-state index contributed by atoms with van der Waals surface area (Å²) in [5, 5.41) is 0. The van der Waals surface area contributed by atoms with E-state index >= 15 is 0 Å². The average molecular weight is 346 g/mol. The van der Waals surface area contributed by atoms with Crippen LogP contribution in [-0.2, 0) is 16.1 Å². The Hall–Kier alpha value is -1.33. The minimum atomic E-state index is 0.169. The Balaban J connectivity index is 1.38. The number of hydrogen-bond acceptors (Lipinski definition) is 4. The lowest BCUT2D eigenvalue weighted by molar-refractivity contribution is -0.144. The second kappa shape index (κ2) is 7.50. The van der Waals surface area contributed by atoms with Gasteiger partial charge in [-0.25, -0.2) is 0 Å². The molecule has 1 amide bonds. The van der Waals surface area contributed by atoms with Crippen molar-refractivity contribution in [1.82, 2.24) is 9.80 Å². The second-order valence-electron chi connectivity index (χ2n) is 8.22.